The van der Waals surface area contributed by atoms with Crippen LogP contribution in [-0.4, -0.2) is 27.9 Å². The molecule has 0 aliphatic heterocycles. The summed E-state index contributed by atoms with van der Waals surface area (Å²) < 4.78 is 0. The van der Waals surface area contributed by atoms with Gasteiger partial charge in [-0.2, -0.15) is 0 Å². The third kappa shape index (κ3) is 3.68. The lowest BCUT2D eigenvalue weighted by Gasteiger charge is -2.13. The standard InChI is InChI=1S/C19H17N3O2S2/c1-11-16(18(24)21-14-8-5-4-7-13(14)12(2)23)19(25-3)22-17(20-11)15-9-6-10-26-15/h4-10H,1-3H3,(H,21,24). The van der Waals surface area contributed by atoms with Crippen LogP contribution < -0.4 is 5.32 Å². The van der Waals surface area contributed by atoms with Crippen LogP contribution in [0.15, 0.2) is 46.8 Å². The number of nitrogens with zero attached hydrogens (tertiary/aromatic N) is 2. The number of ketones is 1. The van der Waals surface area contributed by atoms with Crippen molar-refractivity contribution in [3.63, 3.8) is 0 Å². The second-order valence-corrected chi connectivity index (χ2v) is 7.29. The van der Waals surface area contributed by atoms with Crippen LogP contribution in [0.5, 0.6) is 0 Å². The molecule has 26 heavy (non-hydrogen) atoms. The number of Topliss-reactive ketones (excluding diaryl/α,β-unsaturated/α-hetero) is 1. The SMILES string of the molecule is CSc1nc(-c2cccs2)nc(C)c1C(=O)Nc1ccccc1C(C)=O. The number of aromatic nitrogens is 2. The minimum atomic E-state index is -0.321. The van der Waals surface area contributed by atoms with Crippen LogP contribution in [0, 0.1) is 6.92 Å². The van der Waals surface area contributed by atoms with Crippen molar-refractivity contribution >= 4 is 40.5 Å². The Bertz CT molecular complexity index is 969. The number of amides is 1. The Morgan fingerprint density at radius 1 is 1.12 bits per heavy atom. The van der Waals surface area contributed by atoms with Crippen molar-refractivity contribution in [1.29, 1.82) is 0 Å². The number of benzene rings is 1. The van der Waals surface area contributed by atoms with Crippen LogP contribution in [0.25, 0.3) is 10.7 Å². The van der Waals surface area contributed by atoms with Crippen molar-refractivity contribution < 1.29 is 9.59 Å². The van der Waals surface area contributed by atoms with E-state index in [2.05, 4.69) is 15.3 Å². The van der Waals surface area contributed by atoms with E-state index in [1.165, 1.54) is 18.7 Å². The first-order chi connectivity index (χ1) is 12.5. The lowest BCUT2D eigenvalue weighted by atomic mass is 10.1. The van der Waals surface area contributed by atoms with Gasteiger partial charge in [-0.25, -0.2) is 9.97 Å². The van der Waals surface area contributed by atoms with Crippen LogP contribution in [0.2, 0.25) is 0 Å². The number of anilines is 1. The van der Waals surface area contributed by atoms with Crippen molar-refractivity contribution in [3.05, 3.63) is 58.6 Å². The van der Waals surface area contributed by atoms with Gasteiger partial charge in [0, 0.05) is 5.56 Å². The van der Waals surface area contributed by atoms with E-state index in [0.29, 0.717) is 33.4 Å². The van der Waals surface area contributed by atoms with E-state index in [-0.39, 0.29) is 11.7 Å². The molecule has 0 saturated heterocycles. The highest BCUT2D eigenvalue weighted by Gasteiger charge is 2.20. The third-order valence-corrected chi connectivity index (χ3v) is 5.32. The summed E-state index contributed by atoms with van der Waals surface area (Å²) in [5.74, 6) is 0.188. The van der Waals surface area contributed by atoms with E-state index in [9.17, 15) is 9.59 Å². The molecule has 2 heterocycles. The first kappa shape index (κ1) is 18.3. The highest BCUT2D eigenvalue weighted by Crippen LogP contribution is 2.28. The maximum Gasteiger partial charge on any atom is 0.260 e. The van der Waals surface area contributed by atoms with E-state index in [0.717, 1.165) is 4.88 Å². The van der Waals surface area contributed by atoms with E-state index < -0.39 is 0 Å². The van der Waals surface area contributed by atoms with Gasteiger partial charge in [0.25, 0.3) is 5.91 Å². The van der Waals surface area contributed by atoms with Gasteiger partial charge in [0.15, 0.2) is 11.6 Å². The molecule has 0 bridgehead atoms. The smallest absolute Gasteiger partial charge is 0.260 e. The lowest BCUT2D eigenvalue weighted by molar-refractivity contribution is 0.101. The van der Waals surface area contributed by atoms with Gasteiger partial charge in [0.1, 0.15) is 5.03 Å². The molecule has 0 radical (unpaired) electrons. The predicted molar refractivity (Wildman–Crippen MR) is 106 cm³/mol. The molecule has 3 aromatic rings. The normalized spacial score (nSPS) is 10.6. The zero-order chi connectivity index (χ0) is 18.7. The number of rotatable bonds is 5. The maximum absolute atomic E-state index is 12.9. The fourth-order valence-corrected chi connectivity index (χ4v) is 3.84. The van der Waals surface area contributed by atoms with Crippen LogP contribution in [0.3, 0.4) is 0 Å². The van der Waals surface area contributed by atoms with Crippen molar-refractivity contribution in [2.24, 2.45) is 0 Å². The lowest BCUT2D eigenvalue weighted by Crippen LogP contribution is -2.18. The number of aryl methyl sites for hydroxylation is 1. The Labute approximate surface area is 159 Å². The van der Waals surface area contributed by atoms with Crippen molar-refractivity contribution in [2.75, 3.05) is 11.6 Å². The average molecular weight is 383 g/mol. The molecule has 132 valence electrons. The molecule has 7 heteroatoms. The summed E-state index contributed by atoms with van der Waals surface area (Å²) >= 11 is 2.95. The second kappa shape index (κ2) is 7.80. The minimum Gasteiger partial charge on any atom is -0.321 e. The maximum atomic E-state index is 12.9. The third-order valence-electron chi connectivity index (χ3n) is 3.77. The number of hydrogen-bond acceptors (Lipinski definition) is 6. The number of carbonyl (C=O) groups excluding carboxylic acids is 2. The van der Waals surface area contributed by atoms with E-state index >= 15 is 0 Å². The Morgan fingerprint density at radius 3 is 2.54 bits per heavy atom. The van der Waals surface area contributed by atoms with Gasteiger partial charge in [-0.05, 0) is 43.7 Å². The molecule has 1 aromatic carbocycles. The Morgan fingerprint density at radius 2 is 1.88 bits per heavy atom. The van der Waals surface area contributed by atoms with E-state index in [4.69, 9.17) is 0 Å². The Balaban J connectivity index is 1.99. The van der Waals surface area contributed by atoms with Crippen molar-refractivity contribution in [1.82, 2.24) is 9.97 Å². The summed E-state index contributed by atoms with van der Waals surface area (Å²) in [5, 5.41) is 5.40. The molecule has 0 unspecified atom stereocenters. The molecule has 2 aromatic heterocycles. The fourth-order valence-electron chi connectivity index (χ4n) is 2.56. The molecule has 0 aliphatic rings. The topological polar surface area (TPSA) is 72.0 Å². The number of hydrogen-bond donors (Lipinski definition) is 1. The summed E-state index contributed by atoms with van der Waals surface area (Å²) in [6.45, 7) is 3.27. The summed E-state index contributed by atoms with van der Waals surface area (Å²) in [7, 11) is 0. The summed E-state index contributed by atoms with van der Waals surface area (Å²) in [5.41, 5.74) is 1.99. The Kier molecular flexibility index (Phi) is 5.49. The minimum absolute atomic E-state index is 0.105. The average Bonchev–Trinajstić information content (AvgIpc) is 3.15. The molecular weight excluding hydrogens is 366 g/mol. The predicted octanol–water partition coefficient (Wildman–Crippen LogP) is 4.69. The molecule has 5 nitrogen and oxygen atoms in total. The highest BCUT2D eigenvalue weighted by atomic mass is 32.2. The molecule has 0 atom stereocenters. The fraction of sp³-hybridized carbons (Fsp3) is 0.158. The number of carbonyl (C=O) groups is 2. The zero-order valence-corrected chi connectivity index (χ0v) is 16.2. The quantitative estimate of drug-likeness (QED) is 0.393. The highest BCUT2D eigenvalue weighted by molar-refractivity contribution is 7.98. The van der Waals surface area contributed by atoms with Crippen LogP contribution >= 0.6 is 23.1 Å². The van der Waals surface area contributed by atoms with E-state index in [1.54, 1.807) is 42.5 Å². The first-order valence-electron chi connectivity index (χ1n) is 7.89. The van der Waals surface area contributed by atoms with Gasteiger partial charge in [-0.1, -0.05) is 18.2 Å². The van der Waals surface area contributed by atoms with Gasteiger partial charge in [0.05, 0.1) is 21.8 Å². The van der Waals surface area contributed by atoms with Crippen LogP contribution in [-0.2, 0) is 0 Å². The Hall–Kier alpha value is -2.51. The molecular formula is C19H17N3O2S2. The molecule has 3 rings (SSSR count). The summed E-state index contributed by atoms with van der Waals surface area (Å²) in [6.07, 6.45) is 1.88. The van der Waals surface area contributed by atoms with Gasteiger partial charge in [-0.15, -0.1) is 23.1 Å². The molecule has 0 fully saturated rings. The molecule has 1 amide bonds. The first-order valence-corrected chi connectivity index (χ1v) is 9.99. The zero-order valence-electron chi connectivity index (χ0n) is 14.6. The van der Waals surface area contributed by atoms with Crippen LogP contribution in [0.1, 0.15) is 33.3 Å². The summed E-state index contributed by atoms with van der Waals surface area (Å²) in [6, 6.07) is 10.8. The second-order valence-electron chi connectivity index (χ2n) is 5.55. The van der Waals surface area contributed by atoms with Gasteiger partial charge in [-0.3, -0.25) is 9.59 Å². The molecule has 1 N–H and O–H groups in total. The van der Waals surface area contributed by atoms with Crippen molar-refractivity contribution in [3.8, 4) is 10.7 Å². The summed E-state index contributed by atoms with van der Waals surface area (Å²) in [4.78, 5) is 34.7. The molecule has 0 spiro atoms. The monoisotopic (exact) mass is 383 g/mol. The number of thioether (sulfide) groups is 1. The van der Waals surface area contributed by atoms with Gasteiger partial charge >= 0.3 is 0 Å². The number of thiophene rings is 1. The molecule has 0 saturated carbocycles. The van der Waals surface area contributed by atoms with E-state index in [1.807, 2.05) is 23.8 Å². The number of nitrogens with one attached hydrogen (secondary N) is 1. The van der Waals surface area contributed by atoms with Gasteiger partial charge < -0.3 is 5.32 Å². The molecule has 0 aliphatic carbocycles. The van der Waals surface area contributed by atoms with Gasteiger partial charge in [0.2, 0.25) is 0 Å². The van der Waals surface area contributed by atoms with Crippen LogP contribution in [0.4, 0.5) is 5.69 Å². The largest absolute Gasteiger partial charge is 0.321 e. The number of para-hydroxylation sites is 1. The van der Waals surface area contributed by atoms with Crippen molar-refractivity contribution in [2.45, 2.75) is 18.9 Å².